The van der Waals surface area contributed by atoms with E-state index in [4.69, 9.17) is 21.1 Å². The van der Waals surface area contributed by atoms with E-state index in [2.05, 4.69) is 11.5 Å². The van der Waals surface area contributed by atoms with E-state index in [1.807, 2.05) is 30.5 Å². The normalized spacial score (nSPS) is 13.9. The van der Waals surface area contributed by atoms with Gasteiger partial charge in [-0.25, -0.2) is 4.79 Å². The lowest BCUT2D eigenvalue weighted by atomic mass is 10.1. The van der Waals surface area contributed by atoms with Gasteiger partial charge in [-0.2, -0.15) is 0 Å². The molecule has 0 amide bonds. The first kappa shape index (κ1) is 20.1. The highest BCUT2D eigenvalue weighted by molar-refractivity contribution is 6.33. The topological polar surface area (TPSA) is 57.5 Å². The van der Waals surface area contributed by atoms with Crippen molar-refractivity contribution in [1.82, 2.24) is 4.57 Å². The summed E-state index contributed by atoms with van der Waals surface area (Å²) in [5.74, 6) is 0.0594. The minimum atomic E-state index is -0.581. The number of esters is 1. The maximum absolute atomic E-state index is 12.9. The quantitative estimate of drug-likeness (QED) is 0.215. The molecule has 0 aliphatic carbocycles. The van der Waals surface area contributed by atoms with E-state index in [0.717, 1.165) is 23.0 Å². The van der Waals surface area contributed by atoms with E-state index in [9.17, 15) is 9.59 Å². The molecule has 32 heavy (non-hydrogen) atoms. The average Bonchev–Trinajstić information content (AvgIpc) is 3.31. The third-order valence-corrected chi connectivity index (χ3v) is 5.72. The second-order valence-electron chi connectivity index (χ2n) is 7.35. The number of ketones is 1. The Bertz CT molecular complexity index is 1420. The first-order chi connectivity index (χ1) is 15.5. The van der Waals surface area contributed by atoms with Gasteiger partial charge in [0, 0.05) is 35.3 Å². The van der Waals surface area contributed by atoms with Crippen LogP contribution in [0.25, 0.3) is 17.0 Å². The number of fused-ring (bicyclic) bond motifs is 2. The third-order valence-electron chi connectivity index (χ3n) is 5.39. The highest BCUT2D eigenvalue weighted by Gasteiger charge is 2.28. The summed E-state index contributed by atoms with van der Waals surface area (Å²) in [7, 11) is 0. The number of aryl methyl sites for hydroxylation is 1. The summed E-state index contributed by atoms with van der Waals surface area (Å²) in [6, 6.07) is 19.4. The van der Waals surface area contributed by atoms with Crippen molar-refractivity contribution in [3.63, 3.8) is 0 Å². The van der Waals surface area contributed by atoms with Gasteiger partial charge in [0.15, 0.2) is 5.76 Å². The Balaban J connectivity index is 1.43. The number of nitrogens with zero attached hydrogens (tertiary/aromatic N) is 1. The van der Waals surface area contributed by atoms with Crippen LogP contribution in [0.15, 0.2) is 78.7 Å². The number of aromatic nitrogens is 1. The van der Waals surface area contributed by atoms with Crippen LogP contribution in [0.4, 0.5) is 0 Å². The first-order valence-corrected chi connectivity index (χ1v) is 10.6. The van der Waals surface area contributed by atoms with Gasteiger partial charge in [-0.15, -0.1) is 0 Å². The van der Waals surface area contributed by atoms with E-state index >= 15 is 0 Å². The van der Waals surface area contributed by atoms with Crippen LogP contribution in [-0.4, -0.2) is 16.3 Å². The van der Waals surface area contributed by atoms with Crippen LogP contribution in [0.3, 0.4) is 0 Å². The molecule has 0 spiro atoms. The number of Topliss-reactive ketones (excluding diaryl/α,β-unsaturated/α-hetero) is 1. The van der Waals surface area contributed by atoms with Crippen molar-refractivity contribution in [2.24, 2.45) is 0 Å². The molecule has 2 heterocycles. The number of hydrogen-bond donors (Lipinski definition) is 0. The van der Waals surface area contributed by atoms with Gasteiger partial charge in [0.05, 0.1) is 16.1 Å². The molecule has 6 heteroatoms. The minimum Gasteiger partial charge on any atom is -0.452 e. The van der Waals surface area contributed by atoms with Gasteiger partial charge in [0.1, 0.15) is 11.5 Å². The number of allylic oxidation sites excluding steroid dienone is 1. The summed E-state index contributed by atoms with van der Waals surface area (Å²) in [6.07, 6.45) is 3.76. The Morgan fingerprint density at radius 1 is 1.09 bits per heavy atom. The Morgan fingerprint density at radius 2 is 1.88 bits per heavy atom. The van der Waals surface area contributed by atoms with Crippen molar-refractivity contribution in [2.45, 2.75) is 13.5 Å². The molecule has 0 bridgehead atoms. The largest absolute Gasteiger partial charge is 0.452 e. The van der Waals surface area contributed by atoms with Crippen molar-refractivity contribution in [3.05, 3.63) is 100 Å². The molecule has 5 rings (SSSR count). The fourth-order valence-electron chi connectivity index (χ4n) is 3.81. The molecule has 1 aromatic heterocycles. The molecular weight excluding hydrogens is 426 g/mol. The molecule has 0 fully saturated rings. The summed E-state index contributed by atoms with van der Waals surface area (Å²) < 4.78 is 13.4. The summed E-state index contributed by atoms with van der Waals surface area (Å²) in [5, 5.41) is 1.35. The molecule has 0 saturated heterocycles. The molecule has 0 atom stereocenters. The molecule has 158 valence electrons. The van der Waals surface area contributed by atoms with Gasteiger partial charge in [-0.05, 0) is 43.3 Å². The third kappa shape index (κ3) is 3.47. The number of para-hydroxylation sites is 1. The second-order valence-corrected chi connectivity index (χ2v) is 7.76. The first-order valence-electron chi connectivity index (χ1n) is 10.2. The number of carbonyl (C=O) groups is 2. The number of hydrogen-bond acceptors (Lipinski definition) is 4. The van der Waals surface area contributed by atoms with Gasteiger partial charge in [0.2, 0.25) is 5.78 Å². The Morgan fingerprint density at radius 3 is 2.69 bits per heavy atom. The van der Waals surface area contributed by atoms with E-state index in [1.165, 1.54) is 6.07 Å². The zero-order valence-electron chi connectivity index (χ0n) is 17.2. The van der Waals surface area contributed by atoms with Crippen LogP contribution < -0.4 is 9.47 Å². The van der Waals surface area contributed by atoms with Crippen LogP contribution in [0.1, 0.15) is 33.2 Å². The van der Waals surface area contributed by atoms with E-state index in [0.29, 0.717) is 16.3 Å². The molecule has 1 aliphatic heterocycles. The fraction of sp³-hybridized carbons (Fsp3) is 0.0769. The fourth-order valence-corrected chi connectivity index (χ4v) is 4.03. The summed E-state index contributed by atoms with van der Waals surface area (Å²) in [4.78, 5) is 25.3. The van der Waals surface area contributed by atoms with E-state index in [1.54, 1.807) is 42.5 Å². The van der Waals surface area contributed by atoms with Gasteiger partial charge in [-0.3, -0.25) is 4.79 Å². The van der Waals surface area contributed by atoms with Gasteiger partial charge < -0.3 is 14.0 Å². The number of benzene rings is 3. The van der Waals surface area contributed by atoms with Gasteiger partial charge in [-0.1, -0.05) is 41.9 Å². The summed E-state index contributed by atoms with van der Waals surface area (Å²) in [5.41, 5.74) is 2.69. The molecule has 0 N–H and O–H groups in total. The Labute approximate surface area is 189 Å². The summed E-state index contributed by atoms with van der Waals surface area (Å²) >= 11 is 6.07. The van der Waals surface area contributed by atoms with Crippen LogP contribution in [0.2, 0.25) is 5.02 Å². The zero-order chi connectivity index (χ0) is 22.2. The van der Waals surface area contributed by atoms with Gasteiger partial charge >= 0.3 is 5.97 Å². The lowest BCUT2D eigenvalue weighted by molar-refractivity contribution is 0.0734. The van der Waals surface area contributed by atoms with Crippen molar-refractivity contribution in [2.75, 3.05) is 0 Å². The summed E-state index contributed by atoms with van der Waals surface area (Å²) in [6.45, 7) is 2.89. The second kappa shape index (κ2) is 8.02. The van der Waals surface area contributed by atoms with Crippen molar-refractivity contribution in [1.29, 1.82) is 0 Å². The van der Waals surface area contributed by atoms with Crippen LogP contribution in [0, 0.1) is 0 Å². The molecular formula is C26H18ClNO4. The van der Waals surface area contributed by atoms with Crippen LogP contribution >= 0.6 is 11.6 Å². The molecule has 0 unspecified atom stereocenters. The standard InChI is InChI=1S/C26H18ClNO4/c1-2-28-15-16(18-7-4-6-10-22(18)28)13-24-25(29)20-12-11-17(14-23(20)32-24)31-26(30)19-8-3-5-9-21(19)27/h3-15H,2H2,1H3/b24-13+. The predicted octanol–water partition coefficient (Wildman–Crippen LogP) is 6.15. The smallest absolute Gasteiger partial charge is 0.345 e. The number of ether oxygens (including phenoxy) is 2. The van der Waals surface area contributed by atoms with Crippen molar-refractivity contribution in [3.8, 4) is 11.5 Å². The average molecular weight is 444 g/mol. The lowest BCUT2D eigenvalue weighted by Gasteiger charge is -2.06. The monoisotopic (exact) mass is 443 g/mol. The predicted molar refractivity (Wildman–Crippen MR) is 123 cm³/mol. The minimum absolute atomic E-state index is 0.211. The van der Waals surface area contributed by atoms with E-state index < -0.39 is 5.97 Å². The highest BCUT2D eigenvalue weighted by Crippen LogP contribution is 2.36. The molecule has 3 aromatic carbocycles. The highest BCUT2D eigenvalue weighted by atomic mass is 35.5. The van der Waals surface area contributed by atoms with Gasteiger partial charge in [0.25, 0.3) is 0 Å². The zero-order valence-corrected chi connectivity index (χ0v) is 17.9. The van der Waals surface area contributed by atoms with E-state index in [-0.39, 0.29) is 22.9 Å². The maximum atomic E-state index is 12.9. The van der Waals surface area contributed by atoms with Crippen LogP contribution in [-0.2, 0) is 6.54 Å². The number of rotatable bonds is 4. The molecule has 5 nitrogen and oxygen atoms in total. The number of carbonyl (C=O) groups excluding carboxylic acids is 2. The molecule has 4 aromatic rings. The molecule has 0 saturated carbocycles. The Hall–Kier alpha value is -3.83. The Kier molecular flexibility index (Phi) is 5.04. The molecule has 1 aliphatic rings. The van der Waals surface area contributed by atoms with Crippen LogP contribution in [0.5, 0.6) is 11.5 Å². The molecule has 0 radical (unpaired) electrons. The SMILES string of the molecule is CCn1cc(/C=C2/Oc3cc(OC(=O)c4ccccc4Cl)ccc3C2=O)c2ccccc21. The maximum Gasteiger partial charge on any atom is 0.345 e. The number of halogens is 1. The van der Waals surface area contributed by atoms with Crippen molar-refractivity contribution >= 4 is 40.3 Å². The lowest BCUT2D eigenvalue weighted by Crippen LogP contribution is -2.09. The van der Waals surface area contributed by atoms with Crippen molar-refractivity contribution < 1.29 is 19.1 Å².